The van der Waals surface area contributed by atoms with E-state index >= 15 is 0 Å². The van der Waals surface area contributed by atoms with Crippen LogP contribution in [0.4, 0.5) is 0 Å². The Morgan fingerprint density at radius 3 is 2.54 bits per heavy atom. The largest absolute Gasteiger partial charge is 0.425 e. The van der Waals surface area contributed by atoms with Gasteiger partial charge in [-0.05, 0) is 49.2 Å². The quantitative estimate of drug-likeness (QED) is 0.595. The number of rotatable bonds is 6. The molecule has 0 amide bonds. The van der Waals surface area contributed by atoms with Crippen molar-refractivity contribution in [3.05, 3.63) is 58.5 Å². The number of carbonyl (C=O) groups excluding carboxylic acids is 1. The van der Waals surface area contributed by atoms with Gasteiger partial charge in [0.2, 0.25) is 0 Å². The predicted octanol–water partition coefficient (Wildman–Crippen LogP) is 3.39. The summed E-state index contributed by atoms with van der Waals surface area (Å²) in [6.45, 7) is 3.36. The Kier molecular flexibility index (Phi) is 6.04. The standard InChI is InChI=1S/C21H22N2O4S/c1-4-5-7-18-19(27-14(2)24)17-8-6-13-22-20(17)23(21(18)25)15-9-11-16(12-10-15)28(3)26/h6,8-13H,4-5,7H2,1-3H3. The molecule has 7 heteroatoms. The van der Waals surface area contributed by atoms with Crippen molar-refractivity contribution in [3.8, 4) is 11.4 Å². The molecule has 28 heavy (non-hydrogen) atoms. The van der Waals surface area contributed by atoms with Gasteiger partial charge >= 0.3 is 5.97 Å². The van der Waals surface area contributed by atoms with Crippen LogP contribution in [0.3, 0.4) is 0 Å². The second-order valence-corrected chi connectivity index (χ2v) is 7.85. The maximum absolute atomic E-state index is 13.4. The SMILES string of the molecule is CCCCc1c(OC(C)=O)c2cccnc2n(-c2ccc(S(C)=O)cc2)c1=O. The lowest BCUT2D eigenvalue weighted by Crippen LogP contribution is -2.25. The summed E-state index contributed by atoms with van der Waals surface area (Å²) in [5, 5.41) is 0.603. The zero-order valence-corrected chi connectivity index (χ0v) is 16.9. The summed E-state index contributed by atoms with van der Waals surface area (Å²) < 4.78 is 18.6. The highest BCUT2D eigenvalue weighted by Crippen LogP contribution is 2.29. The predicted molar refractivity (Wildman–Crippen MR) is 110 cm³/mol. The molecule has 0 aliphatic heterocycles. The number of nitrogens with zero attached hydrogens (tertiary/aromatic N) is 2. The summed E-state index contributed by atoms with van der Waals surface area (Å²) in [5.41, 5.74) is 1.23. The first-order valence-electron chi connectivity index (χ1n) is 9.09. The summed E-state index contributed by atoms with van der Waals surface area (Å²) >= 11 is 0. The van der Waals surface area contributed by atoms with E-state index in [1.807, 2.05) is 6.92 Å². The van der Waals surface area contributed by atoms with Crippen LogP contribution in [0.2, 0.25) is 0 Å². The van der Waals surface area contributed by atoms with E-state index in [-0.39, 0.29) is 11.3 Å². The Morgan fingerprint density at radius 1 is 1.21 bits per heavy atom. The summed E-state index contributed by atoms with van der Waals surface area (Å²) in [6.07, 6.45) is 5.40. The lowest BCUT2D eigenvalue weighted by atomic mass is 10.1. The minimum Gasteiger partial charge on any atom is -0.425 e. The Hall–Kier alpha value is -2.80. The fourth-order valence-electron chi connectivity index (χ4n) is 3.10. The van der Waals surface area contributed by atoms with E-state index in [4.69, 9.17) is 4.74 Å². The zero-order chi connectivity index (χ0) is 20.3. The number of benzene rings is 1. The van der Waals surface area contributed by atoms with Crippen LogP contribution in [0, 0.1) is 0 Å². The van der Waals surface area contributed by atoms with Crippen molar-refractivity contribution in [1.82, 2.24) is 9.55 Å². The number of carbonyl (C=O) groups is 1. The number of ether oxygens (including phenoxy) is 1. The average molecular weight is 398 g/mol. The Morgan fingerprint density at radius 2 is 1.93 bits per heavy atom. The molecule has 0 spiro atoms. The summed E-state index contributed by atoms with van der Waals surface area (Å²) in [5.74, 6) is -0.189. The molecule has 3 rings (SSSR count). The topological polar surface area (TPSA) is 78.3 Å². The van der Waals surface area contributed by atoms with Gasteiger partial charge in [0.1, 0.15) is 0 Å². The molecule has 0 saturated carbocycles. The maximum Gasteiger partial charge on any atom is 0.308 e. The third kappa shape index (κ3) is 3.89. The highest BCUT2D eigenvalue weighted by Gasteiger charge is 2.20. The van der Waals surface area contributed by atoms with Crippen molar-refractivity contribution < 1.29 is 13.7 Å². The summed E-state index contributed by atoms with van der Waals surface area (Å²) in [6, 6.07) is 10.5. The zero-order valence-electron chi connectivity index (χ0n) is 16.1. The van der Waals surface area contributed by atoms with Gasteiger partial charge in [-0.1, -0.05) is 13.3 Å². The number of pyridine rings is 2. The fourth-order valence-corrected chi connectivity index (χ4v) is 3.62. The normalized spacial score (nSPS) is 12.1. The van der Waals surface area contributed by atoms with E-state index in [0.717, 1.165) is 12.8 Å². The first-order valence-corrected chi connectivity index (χ1v) is 10.6. The van der Waals surface area contributed by atoms with E-state index in [2.05, 4.69) is 4.98 Å². The number of hydrogen-bond acceptors (Lipinski definition) is 5. The van der Waals surface area contributed by atoms with Crippen LogP contribution in [0.1, 0.15) is 32.3 Å². The Balaban J connectivity index is 2.33. The second-order valence-electron chi connectivity index (χ2n) is 6.47. The number of esters is 1. The van der Waals surface area contributed by atoms with E-state index < -0.39 is 16.8 Å². The van der Waals surface area contributed by atoms with Crippen molar-refractivity contribution in [1.29, 1.82) is 0 Å². The molecule has 1 unspecified atom stereocenters. The second kappa shape index (κ2) is 8.48. The molecule has 0 radical (unpaired) electrons. The van der Waals surface area contributed by atoms with Gasteiger partial charge in [0, 0.05) is 35.1 Å². The molecule has 2 heterocycles. The molecule has 1 atom stereocenters. The lowest BCUT2D eigenvalue weighted by molar-refractivity contribution is -0.131. The van der Waals surface area contributed by atoms with E-state index in [1.165, 1.54) is 11.5 Å². The first-order chi connectivity index (χ1) is 13.4. The molecular weight excluding hydrogens is 376 g/mol. The first kappa shape index (κ1) is 19.9. The highest BCUT2D eigenvalue weighted by molar-refractivity contribution is 7.84. The average Bonchev–Trinajstić information content (AvgIpc) is 2.67. The lowest BCUT2D eigenvalue weighted by Gasteiger charge is -2.16. The van der Waals surface area contributed by atoms with Crippen LogP contribution in [0.25, 0.3) is 16.7 Å². The highest BCUT2D eigenvalue weighted by atomic mass is 32.2. The van der Waals surface area contributed by atoms with Gasteiger partial charge in [0.05, 0.1) is 16.6 Å². The van der Waals surface area contributed by atoms with Gasteiger partial charge in [-0.15, -0.1) is 0 Å². The summed E-state index contributed by atoms with van der Waals surface area (Å²) in [7, 11) is -1.11. The van der Waals surface area contributed by atoms with Crippen molar-refractivity contribution in [2.75, 3.05) is 6.26 Å². The van der Waals surface area contributed by atoms with Crippen LogP contribution in [0.15, 0.2) is 52.3 Å². The summed E-state index contributed by atoms with van der Waals surface area (Å²) in [4.78, 5) is 30.1. The monoisotopic (exact) mass is 398 g/mol. The van der Waals surface area contributed by atoms with Gasteiger partial charge in [0.25, 0.3) is 5.56 Å². The van der Waals surface area contributed by atoms with Gasteiger partial charge in [0.15, 0.2) is 11.4 Å². The molecule has 2 aromatic heterocycles. The van der Waals surface area contributed by atoms with Gasteiger partial charge < -0.3 is 4.74 Å². The van der Waals surface area contributed by atoms with Crippen molar-refractivity contribution in [2.24, 2.45) is 0 Å². The molecule has 1 aromatic carbocycles. The molecule has 0 fully saturated rings. The number of hydrogen-bond donors (Lipinski definition) is 0. The van der Waals surface area contributed by atoms with E-state index in [0.29, 0.717) is 33.6 Å². The van der Waals surface area contributed by atoms with Gasteiger partial charge in [-0.25, -0.2) is 4.98 Å². The smallest absolute Gasteiger partial charge is 0.308 e. The van der Waals surface area contributed by atoms with Crippen LogP contribution in [-0.4, -0.2) is 26.0 Å². The van der Waals surface area contributed by atoms with Gasteiger partial charge in [-0.2, -0.15) is 0 Å². The Labute approximate surface area is 165 Å². The number of fused-ring (bicyclic) bond motifs is 1. The molecule has 0 N–H and O–H groups in total. The number of unbranched alkanes of at least 4 members (excludes halogenated alkanes) is 1. The molecule has 0 aliphatic rings. The minimum absolute atomic E-state index is 0.263. The maximum atomic E-state index is 13.4. The third-order valence-corrected chi connectivity index (χ3v) is 5.37. The van der Waals surface area contributed by atoms with Crippen LogP contribution < -0.4 is 10.3 Å². The van der Waals surface area contributed by atoms with Crippen LogP contribution in [-0.2, 0) is 22.0 Å². The fraction of sp³-hybridized carbons (Fsp3) is 0.286. The minimum atomic E-state index is -1.11. The third-order valence-electron chi connectivity index (χ3n) is 4.43. The van der Waals surface area contributed by atoms with Crippen LogP contribution in [0.5, 0.6) is 5.75 Å². The molecule has 0 saturated heterocycles. The van der Waals surface area contributed by atoms with E-state index in [1.54, 1.807) is 48.9 Å². The molecule has 146 valence electrons. The molecular formula is C21H22N2O4S. The molecule has 0 bridgehead atoms. The molecule has 3 aromatic rings. The number of aromatic nitrogens is 2. The Bertz CT molecular complexity index is 1100. The van der Waals surface area contributed by atoms with Crippen molar-refractivity contribution >= 4 is 27.8 Å². The van der Waals surface area contributed by atoms with Crippen LogP contribution >= 0.6 is 0 Å². The van der Waals surface area contributed by atoms with Crippen molar-refractivity contribution in [2.45, 2.75) is 38.0 Å². The van der Waals surface area contributed by atoms with E-state index in [9.17, 15) is 13.8 Å². The molecule has 0 aliphatic carbocycles. The van der Waals surface area contributed by atoms with Crippen molar-refractivity contribution in [3.63, 3.8) is 0 Å². The molecule has 6 nitrogen and oxygen atoms in total. The van der Waals surface area contributed by atoms with Gasteiger partial charge in [-0.3, -0.25) is 18.4 Å².